The maximum absolute atomic E-state index is 11.4. The Morgan fingerprint density at radius 1 is 1.79 bits per heavy atom. The van der Waals surface area contributed by atoms with E-state index in [0.717, 1.165) is 0 Å². The van der Waals surface area contributed by atoms with Gasteiger partial charge in [-0.2, -0.15) is 0 Å². The van der Waals surface area contributed by atoms with Crippen LogP contribution < -0.4 is 0 Å². The molecular formula is C10H17NO3. The van der Waals surface area contributed by atoms with Crippen LogP contribution in [0.1, 0.15) is 13.8 Å². The number of rotatable bonds is 3. The van der Waals surface area contributed by atoms with Gasteiger partial charge in [0.15, 0.2) is 0 Å². The lowest BCUT2D eigenvalue weighted by atomic mass is 10.2. The van der Waals surface area contributed by atoms with Gasteiger partial charge in [-0.1, -0.05) is 6.08 Å². The van der Waals surface area contributed by atoms with E-state index in [1.54, 1.807) is 6.08 Å². The van der Waals surface area contributed by atoms with Crippen molar-refractivity contribution in [2.45, 2.75) is 25.6 Å². The van der Waals surface area contributed by atoms with Gasteiger partial charge < -0.3 is 9.47 Å². The molecule has 0 amide bonds. The number of hydrogen-bond donors (Lipinski definition) is 0. The molecule has 1 rings (SSSR count). The predicted molar refractivity (Wildman–Crippen MR) is 52.7 cm³/mol. The summed E-state index contributed by atoms with van der Waals surface area (Å²) in [6, 6.07) is -0.312. The third kappa shape index (κ3) is 1.96. The minimum atomic E-state index is -0.424. The summed E-state index contributed by atoms with van der Waals surface area (Å²) < 4.78 is 10.2. The van der Waals surface area contributed by atoms with E-state index in [9.17, 15) is 4.79 Å². The first-order chi connectivity index (χ1) is 6.53. The quantitative estimate of drug-likeness (QED) is 0.497. The lowest BCUT2D eigenvalue weighted by Crippen LogP contribution is -2.47. The minimum Gasteiger partial charge on any atom is -0.468 e. The second kappa shape index (κ2) is 4.11. The number of carbonyl (C=O) groups excluding carboxylic acids is 1. The highest BCUT2D eigenvalue weighted by molar-refractivity contribution is 5.76. The highest BCUT2D eigenvalue weighted by atomic mass is 16.6. The average Bonchev–Trinajstić information content (AvgIpc) is 2.43. The molecule has 0 spiro atoms. The molecule has 0 N–H and O–H groups in total. The van der Waals surface area contributed by atoms with Crippen molar-refractivity contribution in [3.05, 3.63) is 12.7 Å². The number of ether oxygens (including phenoxy) is 2. The van der Waals surface area contributed by atoms with E-state index in [-0.39, 0.29) is 12.0 Å². The summed E-state index contributed by atoms with van der Waals surface area (Å²) >= 11 is 0. The molecule has 1 saturated heterocycles. The predicted octanol–water partition coefficient (Wildman–Crippen LogP) is 0.782. The van der Waals surface area contributed by atoms with Crippen LogP contribution in [0.2, 0.25) is 0 Å². The summed E-state index contributed by atoms with van der Waals surface area (Å²) in [7, 11) is 1.39. The molecule has 1 aliphatic rings. The van der Waals surface area contributed by atoms with E-state index in [4.69, 9.17) is 9.47 Å². The minimum absolute atomic E-state index is 0.252. The van der Waals surface area contributed by atoms with Crippen molar-refractivity contribution < 1.29 is 14.3 Å². The van der Waals surface area contributed by atoms with Crippen LogP contribution in [-0.2, 0) is 14.3 Å². The van der Waals surface area contributed by atoms with E-state index in [1.165, 1.54) is 7.11 Å². The maximum atomic E-state index is 11.4. The zero-order valence-corrected chi connectivity index (χ0v) is 8.95. The Labute approximate surface area is 84.5 Å². The number of nitrogens with zero attached hydrogens (tertiary/aromatic N) is 1. The van der Waals surface area contributed by atoms with Crippen LogP contribution in [0.3, 0.4) is 0 Å². The largest absolute Gasteiger partial charge is 0.468 e. The van der Waals surface area contributed by atoms with Crippen molar-refractivity contribution in [3.8, 4) is 0 Å². The molecule has 80 valence electrons. The molecule has 0 aliphatic carbocycles. The standard InChI is InChI=1S/C10H17NO3/c1-5-6-11-8(9(12)13-4)7-14-10(11,2)3/h5,8H,1,6-7H2,2-4H3/t8-/m0/s1. The van der Waals surface area contributed by atoms with Crippen LogP contribution in [0.4, 0.5) is 0 Å². The molecule has 0 unspecified atom stereocenters. The lowest BCUT2D eigenvalue weighted by molar-refractivity contribution is -0.146. The molecule has 0 bridgehead atoms. The first-order valence-electron chi connectivity index (χ1n) is 4.62. The van der Waals surface area contributed by atoms with E-state index >= 15 is 0 Å². The SMILES string of the molecule is C=CCN1[C@H](C(=O)OC)COC1(C)C. The fourth-order valence-corrected chi connectivity index (χ4v) is 1.65. The Hall–Kier alpha value is -0.870. The van der Waals surface area contributed by atoms with E-state index < -0.39 is 5.72 Å². The molecule has 4 heteroatoms. The Kier molecular flexibility index (Phi) is 3.29. The van der Waals surface area contributed by atoms with Crippen LogP contribution in [0.15, 0.2) is 12.7 Å². The van der Waals surface area contributed by atoms with E-state index in [0.29, 0.717) is 13.2 Å². The fraction of sp³-hybridized carbons (Fsp3) is 0.700. The van der Waals surface area contributed by atoms with Crippen LogP contribution in [0.25, 0.3) is 0 Å². The van der Waals surface area contributed by atoms with Crippen LogP contribution in [0, 0.1) is 0 Å². The topological polar surface area (TPSA) is 38.8 Å². The summed E-state index contributed by atoms with van der Waals surface area (Å²) in [5, 5.41) is 0. The number of hydrogen-bond acceptors (Lipinski definition) is 4. The maximum Gasteiger partial charge on any atom is 0.325 e. The van der Waals surface area contributed by atoms with Gasteiger partial charge in [-0.3, -0.25) is 9.69 Å². The molecule has 1 aliphatic heterocycles. The second-order valence-corrected chi connectivity index (χ2v) is 3.74. The third-order valence-corrected chi connectivity index (χ3v) is 2.46. The first kappa shape index (κ1) is 11.2. The van der Waals surface area contributed by atoms with Crippen molar-refractivity contribution in [1.82, 2.24) is 4.90 Å². The van der Waals surface area contributed by atoms with Gasteiger partial charge in [0.2, 0.25) is 0 Å². The zero-order valence-electron chi connectivity index (χ0n) is 8.95. The zero-order chi connectivity index (χ0) is 10.8. The van der Waals surface area contributed by atoms with Crippen molar-refractivity contribution >= 4 is 5.97 Å². The van der Waals surface area contributed by atoms with Crippen LogP contribution >= 0.6 is 0 Å². The summed E-state index contributed by atoms with van der Waals surface area (Å²) in [4.78, 5) is 13.3. The fourth-order valence-electron chi connectivity index (χ4n) is 1.65. The van der Waals surface area contributed by atoms with Crippen molar-refractivity contribution in [3.63, 3.8) is 0 Å². The summed E-state index contributed by atoms with van der Waals surface area (Å²) in [5.41, 5.74) is -0.424. The Bertz CT molecular complexity index is 238. The number of carbonyl (C=O) groups is 1. The molecule has 1 fully saturated rings. The van der Waals surface area contributed by atoms with Crippen molar-refractivity contribution in [2.75, 3.05) is 20.3 Å². The lowest BCUT2D eigenvalue weighted by Gasteiger charge is -2.31. The average molecular weight is 199 g/mol. The molecule has 0 aromatic carbocycles. The molecular weight excluding hydrogens is 182 g/mol. The Balaban J connectivity index is 2.78. The summed E-state index contributed by atoms with van der Waals surface area (Å²) in [6.45, 7) is 8.52. The van der Waals surface area contributed by atoms with Crippen LogP contribution in [-0.4, -0.2) is 42.9 Å². The van der Waals surface area contributed by atoms with Crippen LogP contribution in [0.5, 0.6) is 0 Å². The molecule has 1 heterocycles. The second-order valence-electron chi connectivity index (χ2n) is 3.74. The smallest absolute Gasteiger partial charge is 0.325 e. The van der Waals surface area contributed by atoms with Crippen molar-refractivity contribution in [2.24, 2.45) is 0 Å². The monoisotopic (exact) mass is 199 g/mol. The Morgan fingerprint density at radius 2 is 2.43 bits per heavy atom. The highest BCUT2D eigenvalue weighted by Gasteiger charge is 2.43. The third-order valence-electron chi connectivity index (χ3n) is 2.46. The number of methoxy groups -OCH3 is 1. The normalized spacial score (nSPS) is 26.1. The van der Waals surface area contributed by atoms with Gasteiger partial charge in [0.25, 0.3) is 0 Å². The molecule has 14 heavy (non-hydrogen) atoms. The summed E-state index contributed by atoms with van der Waals surface area (Å²) in [6.07, 6.45) is 1.76. The first-order valence-corrected chi connectivity index (χ1v) is 4.62. The van der Waals surface area contributed by atoms with Crippen molar-refractivity contribution in [1.29, 1.82) is 0 Å². The molecule has 0 saturated carbocycles. The van der Waals surface area contributed by atoms with E-state index in [2.05, 4.69) is 6.58 Å². The van der Waals surface area contributed by atoms with E-state index in [1.807, 2.05) is 18.7 Å². The molecule has 0 aromatic rings. The van der Waals surface area contributed by atoms with Gasteiger partial charge in [-0.15, -0.1) is 6.58 Å². The van der Waals surface area contributed by atoms with Gasteiger partial charge >= 0.3 is 5.97 Å². The van der Waals surface area contributed by atoms with Gasteiger partial charge in [-0.25, -0.2) is 0 Å². The van der Waals surface area contributed by atoms with Gasteiger partial charge in [0, 0.05) is 6.54 Å². The molecule has 0 radical (unpaired) electrons. The van der Waals surface area contributed by atoms with Gasteiger partial charge in [0.1, 0.15) is 11.8 Å². The summed E-state index contributed by atoms with van der Waals surface area (Å²) in [5.74, 6) is -0.252. The number of esters is 1. The highest BCUT2D eigenvalue weighted by Crippen LogP contribution is 2.27. The van der Waals surface area contributed by atoms with Gasteiger partial charge in [-0.05, 0) is 13.8 Å². The Morgan fingerprint density at radius 3 is 2.93 bits per heavy atom. The molecule has 4 nitrogen and oxygen atoms in total. The molecule has 1 atom stereocenters. The van der Waals surface area contributed by atoms with Gasteiger partial charge in [0.05, 0.1) is 13.7 Å². The molecule has 0 aromatic heterocycles.